The summed E-state index contributed by atoms with van der Waals surface area (Å²) in [5, 5.41) is 3.83. The van der Waals surface area contributed by atoms with Crippen molar-refractivity contribution < 1.29 is 9.53 Å². The van der Waals surface area contributed by atoms with E-state index in [0.29, 0.717) is 11.6 Å². The SMILES string of the molecule is CCOC(=O)[C@@H](Nc1ccc(Cl)cc1)c1ccccc1. The van der Waals surface area contributed by atoms with Crippen LogP contribution >= 0.6 is 11.6 Å². The zero-order valence-electron chi connectivity index (χ0n) is 11.2. The molecule has 0 heterocycles. The molecule has 2 aromatic rings. The lowest BCUT2D eigenvalue weighted by Gasteiger charge is -2.18. The molecule has 3 nitrogen and oxygen atoms in total. The van der Waals surface area contributed by atoms with Crippen LogP contribution in [0, 0.1) is 0 Å². The Hall–Kier alpha value is -2.00. The first-order valence-corrected chi connectivity index (χ1v) is 6.82. The number of hydrogen-bond acceptors (Lipinski definition) is 3. The molecule has 4 heteroatoms. The summed E-state index contributed by atoms with van der Waals surface area (Å²) in [7, 11) is 0. The summed E-state index contributed by atoms with van der Waals surface area (Å²) in [4.78, 5) is 12.1. The van der Waals surface area contributed by atoms with Crippen molar-refractivity contribution in [3.63, 3.8) is 0 Å². The third-order valence-corrected chi connectivity index (χ3v) is 3.06. The number of rotatable bonds is 5. The van der Waals surface area contributed by atoms with Crippen LogP contribution < -0.4 is 5.32 Å². The van der Waals surface area contributed by atoms with Gasteiger partial charge < -0.3 is 10.1 Å². The molecule has 0 spiro atoms. The Morgan fingerprint density at radius 2 is 1.80 bits per heavy atom. The van der Waals surface area contributed by atoms with Crippen LogP contribution in [0.1, 0.15) is 18.5 Å². The average Bonchev–Trinajstić information content (AvgIpc) is 2.48. The highest BCUT2D eigenvalue weighted by Gasteiger charge is 2.21. The van der Waals surface area contributed by atoms with E-state index < -0.39 is 6.04 Å². The van der Waals surface area contributed by atoms with E-state index in [2.05, 4.69) is 5.32 Å². The number of benzene rings is 2. The van der Waals surface area contributed by atoms with Crippen molar-refractivity contribution in [3.8, 4) is 0 Å². The minimum atomic E-state index is -0.530. The highest BCUT2D eigenvalue weighted by Crippen LogP contribution is 2.22. The van der Waals surface area contributed by atoms with Crippen molar-refractivity contribution in [2.45, 2.75) is 13.0 Å². The largest absolute Gasteiger partial charge is 0.464 e. The fraction of sp³-hybridized carbons (Fsp3) is 0.188. The molecule has 0 bridgehead atoms. The van der Waals surface area contributed by atoms with Crippen molar-refractivity contribution in [1.29, 1.82) is 0 Å². The molecule has 0 unspecified atom stereocenters. The van der Waals surface area contributed by atoms with Crippen LogP contribution in [-0.2, 0) is 9.53 Å². The van der Waals surface area contributed by atoms with Gasteiger partial charge in [-0.2, -0.15) is 0 Å². The first-order chi connectivity index (χ1) is 9.70. The first-order valence-electron chi connectivity index (χ1n) is 6.44. The van der Waals surface area contributed by atoms with Gasteiger partial charge in [0.25, 0.3) is 0 Å². The molecule has 0 fully saturated rings. The number of carbonyl (C=O) groups excluding carboxylic acids is 1. The lowest BCUT2D eigenvalue weighted by Crippen LogP contribution is -2.23. The topological polar surface area (TPSA) is 38.3 Å². The lowest BCUT2D eigenvalue weighted by atomic mass is 10.1. The minimum absolute atomic E-state index is 0.298. The van der Waals surface area contributed by atoms with Gasteiger partial charge in [0.15, 0.2) is 6.04 Å². The molecule has 20 heavy (non-hydrogen) atoms. The van der Waals surface area contributed by atoms with Crippen LogP contribution in [-0.4, -0.2) is 12.6 Å². The van der Waals surface area contributed by atoms with E-state index in [4.69, 9.17) is 16.3 Å². The van der Waals surface area contributed by atoms with Gasteiger partial charge in [0.05, 0.1) is 6.61 Å². The molecule has 1 atom stereocenters. The van der Waals surface area contributed by atoms with E-state index in [1.165, 1.54) is 0 Å². The van der Waals surface area contributed by atoms with Gasteiger partial charge in [-0.3, -0.25) is 0 Å². The third kappa shape index (κ3) is 3.75. The second kappa shape index (κ2) is 6.96. The van der Waals surface area contributed by atoms with Gasteiger partial charge in [-0.25, -0.2) is 4.79 Å². The van der Waals surface area contributed by atoms with Crippen molar-refractivity contribution in [2.75, 3.05) is 11.9 Å². The molecule has 0 aliphatic heterocycles. The second-order valence-corrected chi connectivity index (χ2v) is 4.68. The molecular formula is C16H16ClNO2. The van der Waals surface area contributed by atoms with Gasteiger partial charge in [-0.05, 0) is 36.8 Å². The van der Waals surface area contributed by atoms with Gasteiger partial charge >= 0.3 is 5.97 Å². The molecule has 0 radical (unpaired) electrons. The molecule has 1 N–H and O–H groups in total. The quantitative estimate of drug-likeness (QED) is 0.844. The van der Waals surface area contributed by atoms with Crippen LogP contribution in [0.25, 0.3) is 0 Å². The molecule has 0 aliphatic carbocycles. The molecule has 0 amide bonds. The van der Waals surface area contributed by atoms with Crippen molar-refractivity contribution in [1.82, 2.24) is 0 Å². The summed E-state index contributed by atoms with van der Waals surface area (Å²) in [6, 6.07) is 16.2. The van der Waals surface area contributed by atoms with Crippen LogP contribution in [0.4, 0.5) is 5.69 Å². The summed E-state index contributed by atoms with van der Waals surface area (Å²) in [5.41, 5.74) is 1.68. The van der Waals surface area contributed by atoms with Gasteiger partial charge in [0.1, 0.15) is 0 Å². The predicted molar refractivity (Wildman–Crippen MR) is 80.9 cm³/mol. The molecule has 104 valence electrons. The molecule has 2 aromatic carbocycles. The average molecular weight is 290 g/mol. The van der Waals surface area contributed by atoms with E-state index in [1.54, 1.807) is 19.1 Å². The van der Waals surface area contributed by atoms with Crippen LogP contribution in [0.2, 0.25) is 5.02 Å². The molecule has 0 saturated carbocycles. The Morgan fingerprint density at radius 1 is 1.15 bits per heavy atom. The number of ether oxygens (including phenoxy) is 1. The van der Waals surface area contributed by atoms with Gasteiger partial charge in [-0.15, -0.1) is 0 Å². The maximum absolute atomic E-state index is 12.1. The number of esters is 1. The lowest BCUT2D eigenvalue weighted by molar-refractivity contribution is -0.144. The number of nitrogens with one attached hydrogen (secondary N) is 1. The molecule has 2 rings (SSSR count). The van der Waals surface area contributed by atoms with E-state index >= 15 is 0 Å². The van der Waals surface area contributed by atoms with E-state index in [9.17, 15) is 4.79 Å². The normalized spacial score (nSPS) is 11.7. The number of anilines is 1. The van der Waals surface area contributed by atoms with E-state index in [-0.39, 0.29) is 5.97 Å². The molecule has 0 aromatic heterocycles. The molecule has 0 aliphatic rings. The maximum Gasteiger partial charge on any atom is 0.333 e. The smallest absolute Gasteiger partial charge is 0.333 e. The zero-order chi connectivity index (χ0) is 14.4. The van der Waals surface area contributed by atoms with Crippen LogP contribution in [0.5, 0.6) is 0 Å². The number of halogens is 1. The third-order valence-electron chi connectivity index (χ3n) is 2.81. The fourth-order valence-corrected chi connectivity index (χ4v) is 1.99. The van der Waals surface area contributed by atoms with Crippen molar-refractivity contribution >= 4 is 23.3 Å². The van der Waals surface area contributed by atoms with Gasteiger partial charge in [0.2, 0.25) is 0 Å². The first kappa shape index (κ1) is 14.4. The van der Waals surface area contributed by atoms with E-state index in [1.807, 2.05) is 42.5 Å². The Kier molecular flexibility index (Phi) is 5.02. The molecule has 0 saturated heterocycles. The molecular weight excluding hydrogens is 274 g/mol. The standard InChI is InChI=1S/C16H16ClNO2/c1-2-20-16(19)15(12-6-4-3-5-7-12)18-14-10-8-13(17)9-11-14/h3-11,15,18H,2H2,1H3/t15-/m0/s1. The van der Waals surface area contributed by atoms with Gasteiger partial charge in [0, 0.05) is 10.7 Å². The maximum atomic E-state index is 12.1. The Morgan fingerprint density at radius 3 is 2.40 bits per heavy atom. The van der Waals surface area contributed by atoms with E-state index in [0.717, 1.165) is 11.3 Å². The fourth-order valence-electron chi connectivity index (χ4n) is 1.86. The van der Waals surface area contributed by atoms with Crippen molar-refractivity contribution in [3.05, 3.63) is 65.2 Å². The van der Waals surface area contributed by atoms with Crippen molar-refractivity contribution in [2.24, 2.45) is 0 Å². The monoisotopic (exact) mass is 289 g/mol. The number of hydrogen-bond donors (Lipinski definition) is 1. The number of carbonyl (C=O) groups is 1. The summed E-state index contributed by atoms with van der Waals surface area (Å²) < 4.78 is 5.13. The highest BCUT2D eigenvalue weighted by atomic mass is 35.5. The summed E-state index contributed by atoms with van der Waals surface area (Å²) in [5.74, 6) is -0.298. The predicted octanol–water partition coefficient (Wildman–Crippen LogP) is 4.06. The van der Waals surface area contributed by atoms with Crippen LogP contribution in [0.15, 0.2) is 54.6 Å². The Labute approximate surface area is 123 Å². The highest BCUT2D eigenvalue weighted by molar-refractivity contribution is 6.30. The summed E-state index contributed by atoms with van der Waals surface area (Å²) in [6.07, 6.45) is 0. The van der Waals surface area contributed by atoms with Crippen LogP contribution in [0.3, 0.4) is 0 Å². The minimum Gasteiger partial charge on any atom is -0.464 e. The summed E-state index contributed by atoms with van der Waals surface area (Å²) in [6.45, 7) is 2.15. The Bertz CT molecular complexity index is 554. The summed E-state index contributed by atoms with van der Waals surface area (Å²) >= 11 is 5.86. The Balaban J connectivity index is 2.23. The van der Waals surface area contributed by atoms with Gasteiger partial charge in [-0.1, -0.05) is 41.9 Å². The zero-order valence-corrected chi connectivity index (χ0v) is 11.9. The second-order valence-electron chi connectivity index (χ2n) is 4.25.